The summed E-state index contributed by atoms with van der Waals surface area (Å²) >= 11 is 0. The number of rotatable bonds is 8. The van der Waals surface area contributed by atoms with Crippen molar-refractivity contribution in [1.29, 1.82) is 0 Å². The van der Waals surface area contributed by atoms with E-state index < -0.39 is 103 Å². The molecule has 0 aromatic carbocycles. The van der Waals surface area contributed by atoms with Gasteiger partial charge in [0.2, 0.25) is 0 Å². The summed E-state index contributed by atoms with van der Waals surface area (Å²) in [4.78, 5) is 14.3. The smallest absolute Gasteiger partial charge is 0.316 e. The molecule has 0 radical (unpaired) electrons. The minimum absolute atomic E-state index is 0.00574. The first-order valence-electron chi connectivity index (χ1n) is 22.9. The highest BCUT2D eigenvalue weighted by atomic mass is 19.3. The number of alkyl halides is 2. The first kappa shape index (κ1) is 48.5. The zero-order valence-corrected chi connectivity index (χ0v) is 38.4. The summed E-state index contributed by atoms with van der Waals surface area (Å²) in [6.45, 7) is 15.3. The second kappa shape index (κ2) is 19.4. The Morgan fingerprint density at radius 3 is 2.40 bits per heavy atom. The van der Waals surface area contributed by atoms with Gasteiger partial charge < -0.3 is 57.6 Å². The molecule has 6 heterocycles. The summed E-state index contributed by atoms with van der Waals surface area (Å²) in [5, 5.41) is 23.7. The highest BCUT2D eigenvalue weighted by molar-refractivity contribution is 5.78. The lowest BCUT2D eigenvalue weighted by atomic mass is 9.71. The second-order valence-electron chi connectivity index (χ2n) is 19.0. The highest BCUT2D eigenvalue weighted by Crippen LogP contribution is 2.47. The number of aliphatic hydroxyl groups is 2. The summed E-state index contributed by atoms with van der Waals surface area (Å²) < 4.78 is 91.8. The monoisotopic (exact) mass is 892 g/mol. The summed E-state index contributed by atoms with van der Waals surface area (Å²) in [6, 6.07) is 0. The van der Waals surface area contributed by atoms with Crippen LogP contribution in [-0.2, 0) is 52.2 Å². The molecule has 1 unspecified atom stereocenters. The highest BCUT2D eigenvalue weighted by Gasteiger charge is 2.60. The van der Waals surface area contributed by atoms with Gasteiger partial charge in [-0.2, -0.15) is 0 Å². The Kier molecular flexibility index (Phi) is 15.0. The van der Waals surface area contributed by atoms with Crippen LogP contribution in [0, 0.1) is 23.7 Å². The van der Waals surface area contributed by atoms with Crippen LogP contribution in [0.2, 0.25) is 0 Å². The van der Waals surface area contributed by atoms with E-state index in [1.807, 2.05) is 39.0 Å². The van der Waals surface area contributed by atoms with Gasteiger partial charge in [-0.25, -0.2) is 8.78 Å². The maximum Gasteiger partial charge on any atom is 0.316 e. The quantitative estimate of drug-likeness (QED) is 0.198. The van der Waals surface area contributed by atoms with Crippen LogP contribution >= 0.6 is 0 Å². The average Bonchev–Trinajstić information content (AvgIpc) is 3.58. The molecule has 2 N–H and O–H groups in total. The zero-order chi connectivity index (χ0) is 45.6. The third-order valence-corrected chi connectivity index (χ3v) is 14.6. The van der Waals surface area contributed by atoms with E-state index >= 15 is 0 Å². The predicted molar refractivity (Wildman–Crippen MR) is 226 cm³/mol. The molecule has 354 valence electrons. The lowest BCUT2D eigenvalue weighted by molar-refractivity contribution is -0.339. The molecule has 0 aromatic heterocycles. The molecular formula is C48H70F2O13. The van der Waals surface area contributed by atoms with Gasteiger partial charge in [-0.05, 0) is 62.8 Å². The molecule has 2 bridgehead atoms. The Bertz CT molecular complexity index is 1780. The number of carbonyl (C=O) groups is 1. The van der Waals surface area contributed by atoms with Crippen LogP contribution in [0.25, 0.3) is 0 Å². The molecule has 0 saturated carbocycles. The molecule has 7 rings (SSSR count). The number of aliphatic hydroxyl groups excluding tert-OH is 1. The van der Waals surface area contributed by atoms with Gasteiger partial charge in [0.05, 0.1) is 37.1 Å². The van der Waals surface area contributed by atoms with Crippen LogP contribution in [-0.4, -0.2) is 134 Å². The molecular weight excluding hydrogens is 823 g/mol. The van der Waals surface area contributed by atoms with Gasteiger partial charge in [-0.1, -0.05) is 70.6 Å². The zero-order valence-electron chi connectivity index (χ0n) is 38.4. The molecule has 63 heavy (non-hydrogen) atoms. The van der Waals surface area contributed by atoms with E-state index in [2.05, 4.69) is 32.9 Å². The van der Waals surface area contributed by atoms with Gasteiger partial charge in [0.15, 0.2) is 18.4 Å². The lowest BCUT2D eigenvalue weighted by Gasteiger charge is -2.48. The van der Waals surface area contributed by atoms with E-state index in [1.165, 1.54) is 14.0 Å². The predicted octanol–water partition coefficient (Wildman–Crippen LogP) is 6.65. The number of hydrogen-bond acceptors (Lipinski definition) is 13. The molecule has 4 fully saturated rings. The Morgan fingerprint density at radius 1 is 0.937 bits per heavy atom. The van der Waals surface area contributed by atoms with Crippen LogP contribution in [0.15, 0.2) is 59.3 Å². The van der Waals surface area contributed by atoms with Crippen LogP contribution in [0.5, 0.6) is 0 Å². The summed E-state index contributed by atoms with van der Waals surface area (Å²) in [5.41, 5.74) is 0.0110. The van der Waals surface area contributed by atoms with Gasteiger partial charge in [-0.15, -0.1) is 0 Å². The Labute approximate surface area is 371 Å². The second-order valence-corrected chi connectivity index (χ2v) is 19.0. The minimum Gasteiger partial charge on any atom is -0.462 e. The van der Waals surface area contributed by atoms with E-state index in [9.17, 15) is 23.8 Å². The van der Waals surface area contributed by atoms with Crippen molar-refractivity contribution >= 4 is 5.97 Å². The van der Waals surface area contributed by atoms with E-state index in [1.54, 1.807) is 26.2 Å². The van der Waals surface area contributed by atoms with Gasteiger partial charge >= 0.3 is 5.97 Å². The van der Waals surface area contributed by atoms with Crippen LogP contribution in [0.3, 0.4) is 0 Å². The number of fused-ring (bicyclic) bond motifs is 2. The molecule has 0 amide bonds. The molecule has 1 aliphatic carbocycles. The summed E-state index contributed by atoms with van der Waals surface area (Å²) in [7, 11) is 2.83. The number of carbonyl (C=O) groups excluding carboxylic acids is 1. The number of hydrogen-bond donors (Lipinski definition) is 2. The maximum absolute atomic E-state index is 14.7. The summed E-state index contributed by atoms with van der Waals surface area (Å²) in [6.07, 6.45) is 5.42. The van der Waals surface area contributed by atoms with Crippen molar-refractivity contribution in [3.63, 3.8) is 0 Å². The van der Waals surface area contributed by atoms with E-state index in [0.717, 1.165) is 12.0 Å². The average molecular weight is 893 g/mol. The first-order chi connectivity index (χ1) is 29.8. The third kappa shape index (κ3) is 9.72. The van der Waals surface area contributed by atoms with E-state index in [4.69, 9.17) is 47.4 Å². The normalized spacial score (nSPS) is 48.2. The molecule has 0 aromatic rings. The van der Waals surface area contributed by atoms with E-state index in [-0.39, 0.29) is 49.7 Å². The van der Waals surface area contributed by atoms with Crippen molar-refractivity contribution in [2.75, 3.05) is 20.8 Å². The molecule has 15 heteroatoms. The topological polar surface area (TPSA) is 150 Å². The molecule has 7 aliphatic rings. The third-order valence-electron chi connectivity index (χ3n) is 14.6. The van der Waals surface area contributed by atoms with Crippen LogP contribution in [0.1, 0.15) is 93.9 Å². The lowest BCUT2D eigenvalue weighted by Crippen LogP contribution is -2.58. The van der Waals surface area contributed by atoms with Crippen molar-refractivity contribution in [3.05, 3.63) is 59.3 Å². The van der Waals surface area contributed by atoms with Gasteiger partial charge in [-0.3, -0.25) is 4.79 Å². The number of methoxy groups -OCH3 is 2. The molecule has 4 saturated heterocycles. The Hall–Kier alpha value is -2.41. The molecule has 1 spiro atoms. The first-order valence-corrected chi connectivity index (χ1v) is 22.9. The minimum atomic E-state index is -3.17. The molecule has 6 aliphatic heterocycles. The largest absolute Gasteiger partial charge is 0.462 e. The summed E-state index contributed by atoms with van der Waals surface area (Å²) in [5.74, 6) is -5.89. The standard InChI is InChI=1S/C48H70F2O13/c1-11-25(2)42-28(5)17-18-46(63-42)23-34-20-33(62-46)16-15-27(4)41(26(3)13-12-14-32-24-56-44-40(51)29(6)19-35(45(52)59-34)47(32,44)53)60-38-21-36(54-9)43(30(7)57-38)61-39-22-37(55-10)48(49,50)31(8)58-39/h12-15,17-19,25-26,28,30-31,33-44,51,53H,11,16,20-24H2,1-10H3/b13-12+,27-15+,32-14+/t25?,26-,28-,30-,31-,33+,34-,35-,36-,37-,38-,39-,40+,41-,42+,43-,44+,46+,47+/m0/s1. The molecule has 19 atom stereocenters. The van der Waals surface area contributed by atoms with Crippen molar-refractivity contribution in [2.45, 2.75) is 191 Å². The Balaban J connectivity index is 1.18. The van der Waals surface area contributed by atoms with Crippen molar-refractivity contribution in [2.24, 2.45) is 23.7 Å². The van der Waals surface area contributed by atoms with Crippen LogP contribution in [0.4, 0.5) is 8.78 Å². The Morgan fingerprint density at radius 2 is 1.68 bits per heavy atom. The molecule has 13 nitrogen and oxygen atoms in total. The fraction of sp³-hybridized carbons (Fsp3) is 0.771. The van der Waals surface area contributed by atoms with Crippen molar-refractivity contribution in [1.82, 2.24) is 0 Å². The van der Waals surface area contributed by atoms with Gasteiger partial charge in [0.1, 0.15) is 48.1 Å². The fourth-order valence-electron chi connectivity index (χ4n) is 10.5. The number of ether oxygens (including phenoxy) is 10. The number of esters is 1. The van der Waals surface area contributed by atoms with Gasteiger partial charge in [0, 0.05) is 51.7 Å². The van der Waals surface area contributed by atoms with Crippen molar-refractivity contribution < 1.29 is 71.2 Å². The van der Waals surface area contributed by atoms with Crippen LogP contribution < -0.4 is 0 Å². The number of allylic oxidation sites excluding steroid dienone is 2. The van der Waals surface area contributed by atoms with Crippen molar-refractivity contribution in [3.8, 4) is 0 Å². The number of halogens is 2. The SMILES string of the molecule is CCC(C)[C@H]1O[C@]2(C=C[C@@H]1C)C[C@@H]1C[C@@H](C/C=C(\C)[C@@H](O[C@H]3C[C@H](OC)[C@@H](O[C@H]4C[C@H](OC)C(F)(F)[C@H](C)O4)[C@H](C)O3)[C@@H](C)/C=C/C=C3\CO[C@@H]4[C@H](O)C(C)=C[C@@H](C(=O)O1)[C@]34O)O2. The maximum atomic E-state index is 14.7. The fourth-order valence-corrected chi connectivity index (χ4v) is 10.5. The van der Waals surface area contributed by atoms with E-state index in [0.29, 0.717) is 24.0 Å². The van der Waals surface area contributed by atoms with Gasteiger partial charge in [0.25, 0.3) is 5.92 Å².